The molecule has 1 saturated heterocycles. The molecule has 1 heterocycles. The molecule has 0 aliphatic carbocycles. The van der Waals surface area contributed by atoms with Crippen molar-refractivity contribution in [2.45, 2.75) is 25.6 Å². The van der Waals surface area contributed by atoms with E-state index in [0.29, 0.717) is 19.6 Å². The minimum atomic E-state index is -0.266. The molecule has 0 saturated carbocycles. The molecule has 0 radical (unpaired) electrons. The van der Waals surface area contributed by atoms with Crippen LogP contribution in [0.4, 0.5) is 9.18 Å². The third-order valence-electron chi connectivity index (χ3n) is 4.40. The molecule has 0 bridgehead atoms. The van der Waals surface area contributed by atoms with E-state index in [1.165, 1.54) is 17.7 Å². The number of carbonyl (C=O) groups is 1. The SMILES string of the molecule is CN1CC[C@@H](CN(Cc2ccccc2)Cc2ccc(F)cc2)OC1=O. The number of carbonyl (C=O) groups excluding carboxylic acids is 1. The molecule has 1 aliphatic rings. The Morgan fingerprint density at radius 2 is 1.72 bits per heavy atom. The number of ether oxygens (including phenoxy) is 1. The van der Waals surface area contributed by atoms with Gasteiger partial charge in [0.2, 0.25) is 0 Å². The van der Waals surface area contributed by atoms with Crippen LogP contribution in [0.15, 0.2) is 54.6 Å². The van der Waals surface area contributed by atoms with Crippen LogP contribution >= 0.6 is 0 Å². The maximum atomic E-state index is 13.1. The molecule has 4 nitrogen and oxygen atoms in total. The van der Waals surface area contributed by atoms with Crippen LogP contribution in [-0.4, -0.2) is 42.1 Å². The first-order valence-electron chi connectivity index (χ1n) is 8.52. The third kappa shape index (κ3) is 5.03. The van der Waals surface area contributed by atoms with Gasteiger partial charge in [0.25, 0.3) is 0 Å². The molecule has 1 fully saturated rings. The number of hydrogen-bond donors (Lipinski definition) is 0. The van der Waals surface area contributed by atoms with E-state index < -0.39 is 0 Å². The fourth-order valence-electron chi connectivity index (χ4n) is 3.01. The highest BCUT2D eigenvalue weighted by molar-refractivity contribution is 5.68. The topological polar surface area (TPSA) is 32.8 Å². The van der Waals surface area contributed by atoms with Crippen LogP contribution in [0.25, 0.3) is 0 Å². The predicted octanol–water partition coefficient (Wildman–Crippen LogP) is 3.67. The van der Waals surface area contributed by atoms with Crippen LogP contribution in [-0.2, 0) is 17.8 Å². The normalized spacial score (nSPS) is 17.6. The monoisotopic (exact) mass is 342 g/mol. The van der Waals surface area contributed by atoms with Gasteiger partial charge in [-0.05, 0) is 23.3 Å². The first-order valence-corrected chi connectivity index (χ1v) is 8.52. The van der Waals surface area contributed by atoms with Crippen molar-refractivity contribution >= 4 is 6.09 Å². The molecule has 1 atom stereocenters. The van der Waals surface area contributed by atoms with Crippen LogP contribution < -0.4 is 0 Å². The van der Waals surface area contributed by atoms with E-state index in [0.717, 1.165) is 18.5 Å². The molecule has 0 spiro atoms. The van der Waals surface area contributed by atoms with Gasteiger partial charge in [-0.3, -0.25) is 4.90 Å². The lowest BCUT2D eigenvalue weighted by atomic mass is 10.1. The van der Waals surface area contributed by atoms with E-state index in [4.69, 9.17) is 4.74 Å². The molecular weight excluding hydrogens is 319 g/mol. The van der Waals surface area contributed by atoms with E-state index in [-0.39, 0.29) is 18.0 Å². The second-order valence-corrected chi connectivity index (χ2v) is 6.50. The minimum absolute atomic E-state index is 0.118. The molecule has 2 aromatic carbocycles. The highest BCUT2D eigenvalue weighted by atomic mass is 19.1. The standard InChI is InChI=1S/C20H23FN2O2/c1-22-12-11-19(25-20(22)24)15-23(13-16-5-3-2-4-6-16)14-17-7-9-18(21)10-8-17/h2-10,19H,11-15H2,1H3/t19-/m0/s1. The molecule has 1 aliphatic heterocycles. The number of rotatable bonds is 6. The van der Waals surface area contributed by atoms with Gasteiger partial charge in [-0.2, -0.15) is 0 Å². The molecule has 2 aromatic rings. The van der Waals surface area contributed by atoms with Gasteiger partial charge in [-0.1, -0.05) is 42.5 Å². The fraction of sp³-hybridized carbons (Fsp3) is 0.350. The minimum Gasteiger partial charge on any atom is -0.445 e. The zero-order chi connectivity index (χ0) is 17.6. The van der Waals surface area contributed by atoms with Gasteiger partial charge in [0, 0.05) is 39.6 Å². The van der Waals surface area contributed by atoms with Gasteiger partial charge >= 0.3 is 6.09 Å². The lowest BCUT2D eigenvalue weighted by Crippen LogP contribution is -2.44. The van der Waals surface area contributed by atoms with E-state index in [1.54, 1.807) is 24.1 Å². The van der Waals surface area contributed by atoms with Crippen molar-refractivity contribution in [2.75, 3.05) is 20.1 Å². The molecule has 0 unspecified atom stereocenters. The Morgan fingerprint density at radius 3 is 2.36 bits per heavy atom. The lowest BCUT2D eigenvalue weighted by Gasteiger charge is -2.33. The predicted molar refractivity (Wildman–Crippen MR) is 94.5 cm³/mol. The van der Waals surface area contributed by atoms with E-state index in [9.17, 15) is 9.18 Å². The van der Waals surface area contributed by atoms with Crippen molar-refractivity contribution in [1.29, 1.82) is 0 Å². The Morgan fingerprint density at radius 1 is 1.08 bits per heavy atom. The Balaban J connectivity index is 1.69. The molecule has 5 heteroatoms. The summed E-state index contributed by atoms with van der Waals surface area (Å²) in [7, 11) is 1.75. The van der Waals surface area contributed by atoms with Gasteiger partial charge < -0.3 is 9.64 Å². The molecule has 25 heavy (non-hydrogen) atoms. The quantitative estimate of drug-likeness (QED) is 0.803. The van der Waals surface area contributed by atoms with Crippen molar-refractivity contribution < 1.29 is 13.9 Å². The zero-order valence-corrected chi connectivity index (χ0v) is 14.4. The summed E-state index contributed by atoms with van der Waals surface area (Å²) in [6.07, 6.45) is 0.433. The van der Waals surface area contributed by atoms with Crippen LogP contribution in [0.2, 0.25) is 0 Å². The summed E-state index contributed by atoms with van der Waals surface area (Å²) in [5.74, 6) is -0.234. The van der Waals surface area contributed by atoms with Gasteiger partial charge in [-0.25, -0.2) is 9.18 Å². The van der Waals surface area contributed by atoms with Crippen LogP contribution in [0.1, 0.15) is 17.5 Å². The Bertz CT molecular complexity index is 691. The summed E-state index contributed by atoms with van der Waals surface area (Å²) in [5.41, 5.74) is 2.24. The summed E-state index contributed by atoms with van der Waals surface area (Å²) in [6, 6.07) is 16.7. The molecular formula is C20H23FN2O2. The fourth-order valence-corrected chi connectivity index (χ4v) is 3.01. The summed E-state index contributed by atoms with van der Waals surface area (Å²) in [6.45, 7) is 2.80. The number of benzene rings is 2. The third-order valence-corrected chi connectivity index (χ3v) is 4.40. The average Bonchev–Trinajstić information content (AvgIpc) is 2.61. The molecule has 0 N–H and O–H groups in total. The smallest absolute Gasteiger partial charge is 0.409 e. The van der Waals surface area contributed by atoms with E-state index in [2.05, 4.69) is 17.0 Å². The Labute approximate surface area is 147 Å². The lowest BCUT2D eigenvalue weighted by molar-refractivity contribution is 0.0124. The van der Waals surface area contributed by atoms with E-state index >= 15 is 0 Å². The van der Waals surface area contributed by atoms with Gasteiger partial charge in [-0.15, -0.1) is 0 Å². The molecule has 132 valence electrons. The van der Waals surface area contributed by atoms with Crippen LogP contribution in [0, 0.1) is 5.82 Å². The summed E-state index contributed by atoms with van der Waals surface area (Å²) in [5, 5.41) is 0. The van der Waals surface area contributed by atoms with Gasteiger partial charge in [0.05, 0.1) is 0 Å². The highest BCUT2D eigenvalue weighted by Gasteiger charge is 2.26. The van der Waals surface area contributed by atoms with E-state index in [1.807, 2.05) is 18.2 Å². The van der Waals surface area contributed by atoms with Crippen molar-refractivity contribution in [3.8, 4) is 0 Å². The van der Waals surface area contributed by atoms with Gasteiger partial charge in [0.15, 0.2) is 0 Å². The number of amides is 1. The Hall–Kier alpha value is -2.40. The zero-order valence-electron chi connectivity index (χ0n) is 14.4. The maximum absolute atomic E-state index is 13.1. The second kappa shape index (κ2) is 8.12. The number of halogens is 1. The summed E-state index contributed by atoms with van der Waals surface area (Å²) in [4.78, 5) is 15.6. The molecule has 3 rings (SSSR count). The second-order valence-electron chi connectivity index (χ2n) is 6.50. The summed E-state index contributed by atoms with van der Waals surface area (Å²) >= 11 is 0. The molecule has 1 amide bonds. The molecule has 0 aromatic heterocycles. The first-order chi connectivity index (χ1) is 12.1. The first kappa shape index (κ1) is 17.4. The van der Waals surface area contributed by atoms with Crippen LogP contribution in [0.3, 0.4) is 0 Å². The average molecular weight is 342 g/mol. The van der Waals surface area contributed by atoms with Crippen molar-refractivity contribution in [1.82, 2.24) is 9.80 Å². The van der Waals surface area contributed by atoms with Crippen molar-refractivity contribution in [2.24, 2.45) is 0 Å². The van der Waals surface area contributed by atoms with Crippen LogP contribution in [0.5, 0.6) is 0 Å². The largest absolute Gasteiger partial charge is 0.445 e. The number of hydrogen-bond acceptors (Lipinski definition) is 3. The Kier molecular flexibility index (Phi) is 5.66. The number of cyclic esters (lactones) is 1. The highest BCUT2D eigenvalue weighted by Crippen LogP contribution is 2.16. The van der Waals surface area contributed by atoms with Crippen molar-refractivity contribution in [3.05, 3.63) is 71.5 Å². The number of nitrogens with zero attached hydrogens (tertiary/aromatic N) is 2. The van der Waals surface area contributed by atoms with Gasteiger partial charge in [0.1, 0.15) is 11.9 Å². The maximum Gasteiger partial charge on any atom is 0.409 e. The van der Waals surface area contributed by atoms with Crippen molar-refractivity contribution in [3.63, 3.8) is 0 Å². The summed E-state index contributed by atoms with van der Waals surface area (Å²) < 4.78 is 18.7.